The highest BCUT2D eigenvalue weighted by Gasteiger charge is 2.13. The number of methoxy groups -OCH3 is 1. The summed E-state index contributed by atoms with van der Waals surface area (Å²) in [5.41, 5.74) is 7.58. The number of rotatable bonds is 3. The Hall–Kier alpha value is -1.35. The quantitative estimate of drug-likeness (QED) is 0.793. The molecule has 3 nitrogen and oxygen atoms in total. The third-order valence-electron chi connectivity index (χ3n) is 2.25. The van der Waals surface area contributed by atoms with Gasteiger partial charge >= 0.3 is 0 Å². The molecule has 1 rings (SSSR count). The highest BCUT2D eigenvalue weighted by atomic mass is 16.5. The van der Waals surface area contributed by atoms with Crippen LogP contribution in [-0.2, 0) is 4.79 Å². The molecular formula is C11H15NO2. The van der Waals surface area contributed by atoms with Gasteiger partial charge in [-0.15, -0.1) is 0 Å². The summed E-state index contributed by atoms with van der Waals surface area (Å²) in [6.45, 7) is 3.41. The summed E-state index contributed by atoms with van der Waals surface area (Å²) in [5, 5.41) is 0. The Balaban J connectivity index is 3.05. The average molecular weight is 193 g/mol. The molecule has 2 N–H and O–H groups in total. The maximum Gasteiger partial charge on any atom is 0.150 e. The first kappa shape index (κ1) is 10.7. The Morgan fingerprint density at radius 1 is 1.50 bits per heavy atom. The number of carbonyl (C=O) groups is 1. The molecule has 0 aromatic heterocycles. The fraction of sp³-hybridized carbons (Fsp3) is 0.364. The van der Waals surface area contributed by atoms with Gasteiger partial charge in [0.05, 0.1) is 13.2 Å². The van der Waals surface area contributed by atoms with Crippen molar-refractivity contribution in [2.24, 2.45) is 5.73 Å². The molecule has 1 aromatic rings. The van der Waals surface area contributed by atoms with E-state index in [1.54, 1.807) is 7.11 Å². The number of ether oxygens (including phenoxy) is 1. The predicted octanol–water partition coefficient (Wildman–Crippen LogP) is 1.59. The minimum atomic E-state index is -0.527. The van der Waals surface area contributed by atoms with Gasteiger partial charge in [-0.2, -0.15) is 0 Å². The van der Waals surface area contributed by atoms with E-state index in [2.05, 4.69) is 0 Å². The molecule has 0 saturated heterocycles. The number of hydrogen-bond acceptors (Lipinski definition) is 3. The van der Waals surface area contributed by atoms with Crippen molar-refractivity contribution in [1.82, 2.24) is 0 Å². The van der Waals surface area contributed by atoms with E-state index in [9.17, 15) is 4.79 Å². The molecule has 0 bridgehead atoms. The molecule has 0 aliphatic carbocycles. The van der Waals surface area contributed by atoms with Crippen molar-refractivity contribution in [2.75, 3.05) is 7.11 Å². The van der Waals surface area contributed by atoms with E-state index in [1.165, 1.54) is 6.92 Å². The Morgan fingerprint density at radius 2 is 2.14 bits per heavy atom. The lowest BCUT2D eigenvalue weighted by molar-refractivity contribution is -0.118. The second kappa shape index (κ2) is 4.24. The van der Waals surface area contributed by atoms with Crippen LogP contribution in [0.1, 0.15) is 24.1 Å². The molecule has 1 aromatic carbocycles. The van der Waals surface area contributed by atoms with Crippen LogP contribution in [0.4, 0.5) is 0 Å². The number of carbonyl (C=O) groups excluding carboxylic acids is 1. The van der Waals surface area contributed by atoms with Crippen LogP contribution in [0.5, 0.6) is 5.75 Å². The zero-order valence-corrected chi connectivity index (χ0v) is 8.70. The zero-order valence-electron chi connectivity index (χ0n) is 8.70. The smallest absolute Gasteiger partial charge is 0.150 e. The molecule has 0 heterocycles. The molecular weight excluding hydrogens is 178 g/mol. The van der Waals surface area contributed by atoms with Crippen LogP contribution < -0.4 is 10.5 Å². The van der Waals surface area contributed by atoms with Crippen molar-refractivity contribution >= 4 is 5.78 Å². The van der Waals surface area contributed by atoms with Crippen molar-refractivity contribution < 1.29 is 9.53 Å². The molecule has 0 spiro atoms. The summed E-state index contributed by atoms with van der Waals surface area (Å²) in [7, 11) is 1.61. The molecule has 0 saturated carbocycles. The molecule has 0 amide bonds. The molecule has 3 heteroatoms. The van der Waals surface area contributed by atoms with Crippen molar-refractivity contribution in [3.8, 4) is 5.75 Å². The average Bonchev–Trinajstić information content (AvgIpc) is 2.16. The van der Waals surface area contributed by atoms with Gasteiger partial charge in [0.2, 0.25) is 0 Å². The summed E-state index contributed by atoms with van der Waals surface area (Å²) in [5.74, 6) is 0.750. The summed E-state index contributed by atoms with van der Waals surface area (Å²) in [6.07, 6.45) is 0. The van der Waals surface area contributed by atoms with Crippen molar-refractivity contribution in [3.05, 3.63) is 29.3 Å². The second-order valence-electron chi connectivity index (χ2n) is 3.31. The van der Waals surface area contributed by atoms with Gasteiger partial charge in [-0.05, 0) is 37.1 Å². The van der Waals surface area contributed by atoms with Crippen LogP contribution in [0.15, 0.2) is 18.2 Å². The minimum absolute atomic E-state index is 0.0294. The third-order valence-corrected chi connectivity index (χ3v) is 2.25. The fourth-order valence-corrected chi connectivity index (χ4v) is 1.34. The largest absolute Gasteiger partial charge is 0.497 e. The summed E-state index contributed by atoms with van der Waals surface area (Å²) < 4.78 is 5.06. The van der Waals surface area contributed by atoms with Gasteiger partial charge in [-0.1, -0.05) is 6.07 Å². The first-order chi connectivity index (χ1) is 6.56. The SMILES string of the molecule is COc1ccc(C(N)C(C)=O)c(C)c1. The lowest BCUT2D eigenvalue weighted by atomic mass is 9.99. The van der Waals surface area contributed by atoms with E-state index in [-0.39, 0.29) is 5.78 Å². The van der Waals surface area contributed by atoms with E-state index < -0.39 is 6.04 Å². The number of ketones is 1. The molecule has 1 atom stereocenters. The highest BCUT2D eigenvalue weighted by molar-refractivity contribution is 5.83. The van der Waals surface area contributed by atoms with Gasteiger partial charge in [0.15, 0.2) is 5.78 Å². The number of Topliss-reactive ketones (excluding diaryl/α,β-unsaturated/α-hetero) is 1. The Bertz CT molecular complexity index is 347. The molecule has 76 valence electrons. The molecule has 1 unspecified atom stereocenters. The topological polar surface area (TPSA) is 52.3 Å². The van der Waals surface area contributed by atoms with E-state index in [0.717, 1.165) is 16.9 Å². The van der Waals surface area contributed by atoms with Crippen LogP contribution in [0.2, 0.25) is 0 Å². The van der Waals surface area contributed by atoms with Crippen LogP contribution in [-0.4, -0.2) is 12.9 Å². The normalized spacial score (nSPS) is 12.3. The Morgan fingerprint density at radius 3 is 2.57 bits per heavy atom. The van der Waals surface area contributed by atoms with Gasteiger partial charge in [0.1, 0.15) is 5.75 Å². The van der Waals surface area contributed by atoms with E-state index in [0.29, 0.717) is 0 Å². The predicted molar refractivity (Wildman–Crippen MR) is 55.3 cm³/mol. The zero-order chi connectivity index (χ0) is 10.7. The Kier molecular flexibility index (Phi) is 3.25. The van der Waals surface area contributed by atoms with Crippen molar-refractivity contribution in [2.45, 2.75) is 19.9 Å². The van der Waals surface area contributed by atoms with Crippen LogP contribution in [0, 0.1) is 6.92 Å². The standard InChI is InChI=1S/C11H15NO2/c1-7-6-9(14-3)4-5-10(7)11(12)8(2)13/h4-6,11H,12H2,1-3H3. The lowest BCUT2D eigenvalue weighted by Gasteiger charge is -2.12. The first-order valence-electron chi connectivity index (χ1n) is 4.47. The van der Waals surface area contributed by atoms with Gasteiger partial charge < -0.3 is 10.5 Å². The van der Waals surface area contributed by atoms with Crippen molar-refractivity contribution in [1.29, 1.82) is 0 Å². The van der Waals surface area contributed by atoms with E-state index in [1.807, 2.05) is 25.1 Å². The fourth-order valence-electron chi connectivity index (χ4n) is 1.34. The second-order valence-corrected chi connectivity index (χ2v) is 3.31. The number of nitrogens with two attached hydrogens (primary N) is 1. The monoisotopic (exact) mass is 193 g/mol. The molecule has 0 radical (unpaired) electrons. The maximum atomic E-state index is 11.1. The first-order valence-corrected chi connectivity index (χ1v) is 4.47. The number of aryl methyl sites for hydroxylation is 1. The van der Waals surface area contributed by atoms with E-state index >= 15 is 0 Å². The summed E-state index contributed by atoms with van der Waals surface area (Å²) in [6, 6.07) is 4.99. The van der Waals surface area contributed by atoms with Crippen LogP contribution in [0.25, 0.3) is 0 Å². The van der Waals surface area contributed by atoms with Gasteiger partial charge in [0.25, 0.3) is 0 Å². The summed E-state index contributed by atoms with van der Waals surface area (Å²) in [4.78, 5) is 11.1. The van der Waals surface area contributed by atoms with Gasteiger partial charge in [0, 0.05) is 0 Å². The van der Waals surface area contributed by atoms with Crippen molar-refractivity contribution in [3.63, 3.8) is 0 Å². The van der Waals surface area contributed by atoms with Crippen LogP contribution >= 0.6 is 0 Å². The molecule has 14 heavy (non-hydrogen) atoms. The van der Waals surface area contributed by atoms with E-state index in [4.69, 9.17) is 10.5 Å². The van der Waals surface area contributed by atoms with Gasteiger partial charge in [-0.3, -0.25) is 4.79 Å². The number of benzene rings is 1. The van der Waals surface area contributed by atoms with Crippen LogP contribution in [0.3, 0.4) is 0 Å². The Labute approximate surface area is 83.9 Å². The summed E-state index contributed by atoms with van der Waals surface area (Å²) >= 11 is 0. The van der Waals surface area contributed by atoms with Gasteiger partial charge in [-0.25, -0.2) is 0 Å². The lowest BCUT2D eigenvalue weighted by Crippen LogP contribution is -2.19. The number of hydrogen-bond donors (Lipinski definition) is 1. The molecule has 0 aliphatic rings. The molecule has 0 aliphatic heterocycles. The highest BCUT2D eigenvalue weighted by Crippen LogP contribution is 2.21. The minimum Gasteiger partial charge on any atom is -0.497 e. The third kappa shape index (κ3) is 2.12. The molecule has 0 fully saturated rings. The maximum absolute atomic E-state index is 11.1.